The van der Waals surface area contributed by atoms with Crippen LogP contribution in [-0.4, -0.2) is 43.1 Å². The summed E-state index contributed by atoms with van der Waals surface area (Å²) in [4.78, 5) is 24.6. The lowest BCUT2D eigenvalue weighted by Crippen LogP contribution is -2.42. The first-order valence-corrected chi connectivity index (χ1v) is 17.8. The van der Waals surface area contributed by atoms with Crippen molar-refractivity contribution in [1.29, 1.82) is 0 Å². The van der Waals surface area contributed by atoms with Gasteiger partial charge in [0.15, 0.2) is 6.20 Å². The number of aromatic nitrogens is 1. The van der Waals surface area contributed by atoms with Crippen LogP contribution >= 0.6 is 0 Å². The maximum atomic E-state index is 12.3. The summed E-state index contributed by atoms with van der Waals surface area (Å²) in [5.41, 5.74) is -0.208. The third-order valence-corrected chi connectivity index (χ3v) is 8.78. The molecule has 0 aliphatic carbocycles. The van der Waals surface area contributed by atoms with Crippen LogP contribution in [0, 0.1) is 0 Å². The Morgan fingerprint density at radius 2 is 1.20 bits per heavy atom. The van der Waals surface area contributed by atoms with Gasteiger partial charge in [-0.05, 0) is 40.0 Å². The maximum absolute atomic E-state index is 12.3. The monoisotopic (exact) mass is 618 g/mol. The lowest BCUT2D eigenvalue weighted by molar-refractivity contribution is -0.701. The number of alkyl carbamates (subject to hydrolysis) is 2. The third-order valence-electron chi connectivity index (χ3n) is 8.78. The van der Waals surface area contributed by atoms with Gasteiger partial charge >= 0.3 is 12.2 Å². The quantitative estimate of drug-likeness (QED) is 0.0895. The molecule has 1 aliphatic heterocycles. The van der Waals surface area contributed by atoms with E-state index in [1.54, 1.807) is 0 Å². The Morgan fingerprint density at radius 1 is 0.727 bits per heavy atom. The number of aryl methyl sites for hydroxylation is 1. The molecule has 44 heavy (non-hydrogen) atoms. The van der Waals surface area contributed by atoms with Gasteiger partial charge in [0.25, 0.3) is 0 Å². The van der Waals surface area contributed by atoms with Crippen molar-refractivity contribution < 1.29 is 28.4 Å². The summed E-state index contributed by atoms with van der Waals surface area (Å²) in [6.45, 7) is 10.4. The molecule has 1 aromatic rings. The molecule has 2 N–H and O–H groups in total. The van der Waals surface area contributed by atoms with Gasteiger partial charge in [-0.1, -0.05) is 109 Å². The Bertz CT molecular complexity index is 929. The van der Waals surface area contributed by atoms with Crippen LogP contribution in [0.15, 0.2) is 24.4 Å². The molecule has 0 aromatic carbocycles. The zero-order valence-corrected chi connectivity index (χ0v) is 28.6. The van der Waals surface area contributed by atoms with Gasteiger partial charge in [0.05, 0.1) is 0 Å². The zero-order chi connectivity index (χ0) is 31.9. The number of nitrogens with zero attached hydrogens (tertiary/aromatic N) is 1. The van der Waals surface area contributed by atoms with E-state index in [9.17, 15) is 9.59 Å². The topological polar surface area (TPSA) is 89.8 Å². The average molecular weight is 619 g/mol. The Balaban J connectivity index is 1.44. The van der Waals surface area contributed by atoms with E-state index >= 15 is 0 Å². The van der Waals surface area contributed by atoms with E-state index < -0.39 is 23.4 Å². The van der Waals surface area contributed by atoms with Gasteiger partial charge in [-0.15, -0.1) is 0 Å². The Labute approximate surface area is 268 Å². The van der Waals surface area contributed by atoms with Crippen LogP contribution in [0.1, 0.15) is 149 Å². The lowest BCUT2D eigenvalue weighted by Gasteiger charge is -2.29. The summed E-state index contributed by atoms with van der Waals surface area (Å²) in [5.74, 6) is 0. The molecular weight excluding hydrogens is 554 g/mol. The number of rotatable bonds is 24. The van der Waals surface area contributed by atoms with Crippen molar-refractivity contribution in [2.24, 2.45) is 0 Å². The van der Waals surface area contributed by atoms with Crippen LogP contribution in [0.2, 0.25) is 0 Å². The maximum Gasteiger partial charge on any atom is 0.407 e. The van der Waals surface area contributed by atoms with Gasteiger partial charge in [-0.3, -0.25) is 0 Å². The van der Waals surface area contributed by atoms with Crippen LogP contribution in [0.25, 0.3) is 0 Å². The highest BCUT2D eigenvalue weighted by Crippen LogP contribution is 2.38. The number of pyridine rings is 1. The molecule has 8 heteroatoms. The number of hydrogen-bond acceptors (Lipinski definition) is 5. The number of unbranched alkanes of at least 4 members (excludes halogenated alkanes) is 15. The number of ether oxygens (including phenoxy) is 3. The lowest BCUT2D eigenvalue weighted by atomic mass is 9.99. The third kappa shape index (κ3) is 16.6. The largest absolute Gasteiger partial charge is 0.447 e. The van der Waals surface area contributed by atoms with Gasteiger partial charge in [0.2, 0.25) is 5.69 Å². The molecule has 1 aromatic heterocycles. The van der Waals surface area contributed by atoms with E-state index in [0.717, 1.165) is 37.9 Å². The Hall–Kier alpha value is -2.35. The number of carbonyl (C=O) groups excluding carboxylic acids is 2. The predicted octanol–water partition coefficient (Wildman–Crippen LogP) is 8.54. The van der Waals surface area contributed by atoms with Crippen LogP contribution in [0.4, 0.5) is 9.59 Å². The molecule has 0 bridgehead atoms. The molecule has 252 valence electrons. The van der Waals surface area contributed by atoms with Crippen molar-refractivity contribution in [3.05, 3.63) is 30.1 Å². The fourth-order valence-corrected chi connectivity index (χ4v) is 5.97. The van der Waals surface area contributed by atoms with Crippen LogP contribution < -0.4 is 15.2 Å². The van der Waals surface area contributed by atoms with Gasteiger partial charge in [0.1, 0.15) is 37.5 Å². The van der Waals surface area contributed by atoms with Crippen molar-refractivity contribution in [2.75, 3.05) is 19.8 Å². The summed E-state index contributed by atoms with van der Waals surface area (Å²) in [6.07, 6.45) is 23.9. The average Bonchev–Trinajstić information content (AvgIpc) is 3.34. The summed E-state index contributed by atoms with van der Waals surface area (Å²) >= 11 is 0. The minimum Gasteiger partial charge on any atom is -0.447 e. The van der Waals surface area contributed by atoms with E-state index in [4.69, 9.17) is 14.2 Å². The molecule has 2 rings (SSSR count). The zero-order valence-electron chi connectivity index (χ0n) is 28.6. The molecule has 1 aliphatic rings. The van der Waals surface area contributed by atoms with E-state index in [1.165, 1.54) is 89.9 Å². The van der Waals surface area contributed by atoms with Crippen LogP contribution in [0.5, 0.6) is 0 Å². The molecule has 1 fully saturated rings. The molecule has 2 heterocycles. The fourth-order valence-electron chi connectivity index (χ4n) is 5.97. The second kappa shape index (κ2) is 22.2. The van der Waals surface area contributed by atoms with E-state index in [0.29, 0.717) is 13.1 Å². The van der Waals surface area contributed by atoms with Crippen molar-refractivity contribution in [3.8, 4) is 0 Å². The summed E-state index contributed by atoms with van der Waals surface area (Å²) in [5, 5.41) is 5.69. The van der Waals surface area contributed by atoms with Crippen LogP contribution in [0.3, 0.4) is 0 Å². The molecule has 0 spiro atoms. The minimum atomic E-state index is -0.616. The number of nitrogens with one attached hydrogen (secondary N) is 2. The Kier molecular flexibility index (Phi) is 19.1. The SMILES string of the molecule is CCCCCCCCCCCCCCCCCCNC(=O)OCC1(C)CCC(C)(COC(=O)NCc2cccc[n+]2CC)O1. The molecule has 0 saturated carbocycles. The highest BCUT2D eigenvalue weighted by atomic mass is 16.6. The summed E-state index contributed by atoms with van der Waals surface area (Å²) < 4.78 is 19.3. The second-order valence-corrected chi connectivity index (χ2v) is 13.2. The van der Waals surface area contributed by atoms with Crippen molar-refractivity contribution in [2.45, 2.75) is 168 Å². The van der Waals surface area contributed by atoms with E-state index in [-0.39, 0.29) is 13.2 Å². The molecule has 8 nitrogen and oxygen atoms in total. The van der Waals surface area contributed by atoms with Gasteiger partial charge in [0, 0.05) is 18.7 Å². The highest BCUT2D eigenvalue weighted by molar-refractivity contribution is 5.67. The number of hydrogen-bond donors (Lipinski definition) is 2. The van der Waals surface area contributed by atoms with E-state index in [1.807, 2.05) is 38.2 Å². The predicted molar refractivity (Wildman–Crippen MR) is 177 cm³/mol. The molecule has 2 atom stereocenters. The fraction of sp³-hybridized carbons (Fsp3) is 0.806. The first kappa shape index (κ1) is 37.8. The highest BCUT2D eigenvalue weighted by Gasteiger charge is 2.45. The van der Waals surface area contributed by atoms with E-state index in [2.05, 4.69) is 29.0 Å². The normalized spacial score (nSPS) is 19.5. The van der Waals surface area contributed by atoms with Gasteiger partial charge < -0.3 is 24.8 Å². The Morgan fingerprint density at radius 3 is 1.70 bits per heavy atom. The molecule has 0 radical (unpaired) electrons. The molecular formula is C36H64N3O5+. The number of amides is 2. The smallest absolute Gasteiger partial charge is 0.407 e. The summed E-state index contributed by atoms with van der Waals surface area (Å²) in [6, 6.07) is 5.90. The minimum absolute atomic E-state index is 0.141. The van der Waals surface area contributed by atoms with Crippen molar-refractivity contribution >= 4 is 12.2 Å². The first-order valence-electron chi connectivity index (χ1n) is 17.8. The first-order chi connectivity index (χ1) is 21.3. The van der Waals surface area contributed by atoms with Gasteiger partial charge in [-0.25, -0.2) is 14.2 Å². The summed E-state index contributed by atoms with van der Waals surface area (Å²) in [7, 11) is 0. The second-order valence-electron chi connectivity index (χ2n) is 13.2. The van der Waals surface area contributed by atoms with Crippen molar-refractivity contribution in [3.63, 3.8) is 0 Å². The number of carbonyl (C=O) groups is 2. The van der Waals surface area contributed by atoms with Gasteiger partial charge in [-0.2, -0.15) is 0 Å². The molecule has 2 amide bonds. The van der Waals surface area contributed by atoms with Crippen molar-refractivity contribution in [1.82, 2.24) is 10.6 Å². The van der Waals surface area contributed by atoms with Crippen LogP contribution in [-0.2, 0) is 27.3 Å². The standard InChI is InChI=1S/C36H63N3O5/c1-5-7-8-9-10-11-12-13-14-15-16-17-18-19-20-22-27-37-33(40)42-30-35(3)25-26-36(4,44-35)31-43-34(41)38-29-32-24-21-23-28-39(32)6-2/h21,23-24,28H,5-20,22,25-27,29-31H2,1-4H3,(H-,37,38,40,41)/p+1. The molecule has 2 unspecified atom stereocenters. The molecule has 1 saturated heterocycles.